The molecule has 0 spiro atoms. The molecule has 64 valence electrons. The molecule has 11 heavy (non-hydrogen) atoms. The monoisotopic (exact) mass is 154 g/mol. The van der Waals surface area contributed by atoms with E-state index < -0.39 is 0 Å². The fourth-order valence-electron chi connectivity index (χ4n) is 0.921. The van der Waals surface area contributed by atoms with Gasteiger partial charge in [-0.15, -0.1) is 0 Å². The zero-order chi connectivity index (χ0) is 8.85. The van der Waals surface area contributed by atoms with Gasteiger partial charge in [0.25, 0.3) is 0 Å². The van der Waals surface area contributed by atoms with E-state index in [0.29, 0.717) is 6.04 Å². The van der Waals surface area contributed by atoms with Gasteiger partial charge in [0.1, 0.15) is 0 Å². The predicted octanol–water partition coefficient (Wildman–Crippen LogP) is 2.80. The molecule has 0 saturated carbocycles. The Hall–Kier alpha value is -0.790. The lowest BCUT2D eigenvalue weighted by Crippen LogP contribution is -2.03. The molecule has 1 rings (SSSR count). The Morgan fingerprint density at radius 3 is 2.09 bits per heavy atom. The lowest BCUT2D eigenvalue weighted by atomic mass is 10.4. The zero-order valence-electron chi connectivity index (χ0n) is 8.13. The molecule has 0 bridgehead atoms. The van der Waals surface area contributed by atoms with Crippen molar-refractivity contribution in [3.63, 3.8) is 0 Å². The normalized spacial score (nSPS) is 9.27. The second kappa shape index (κ2) is 4.94. The van der Waals surface area contributed by atoms with E-state index in [1.54, 1.807) is 0 Å². The highest BCUT2D eigenvalue weighted by Crippen LogP contribution is 2.04. The van der Waals surface area contributed by atoms with Crippen LogP contribution >= 0.6 is 0 Å². The van der Waals surface area contributed by atoms with E-state index in [9.17, 15) is 0 Å². The van der Waals surface area contributed by atoms with E-state index in [2.05, 4.69) is 25.9 Å². The van der Waals surface area contributed by atoms with Crippen LogP contribution < -0.4 is 0 Å². The van der Waals surface area contributed by atoms with Crippen LogP contribution in [0.4, 0.5) is 0 Å². The van der Waals surface area contributed by atoms with Gasteiger partial charge in [0.2, 0.25) is 0 Å². The van der Waals surface area contributed by atoms with Gasteiger partial charge in [-0.05, 0) is 26.8 Å². The quantitative estimate of drug-likeness (QED) is 0.608. The summed E-state index contributed by atoms with van der Waals surface area (Å²) in [5, 5.41) is 4.13. The third kappa shape index (κ3) is 2.74. The average Bonchev–Trinajstić information content (AvgIpc) is 2.39. The highest BCUT2D eigenvalue weighted by Gasteiger charge is 1.98. The molecule has 0 aliphatic carbocycles. The van der Waals surface area contributed by atoms with Crippen LogP contribution in [0.25, 0.3) is 0 Å². The summed E-state index contributed by atoms with van der Waals surface area (Å²) in [6.45, 7) is 10.3. The van der Waals surface area contributed by atoms with E-state index in [0.717, 1.165) is 0 Å². The van der Waals surface area contributed by atoms with Crippen molar-refractivity contribution in [2.24, 2.45) is 0 Å². The van der Waals surface area contributed by atoms with Crippen LogP contribution in [0, 0.1) is 6.92 Å². The summed E-state index contributed by atoms with van der Waals surface area (Å²) in [7, 11) is 0. The van der Waals surface area contributed by atoms with Crippen LogP contribution in [0.2, 0.25) is 0 Å². The highest BCUT2D eigenvalue weighted by molar-refractivity contribution is 4.97. The van der Waals surface area contributed by atoms with Gasteiger partial charge in [0.05, 0.1) is 0 Å². The number of hydrogen-bond donors (Lipinski definition) is 0. The predicted molar refractivity (Wildman–Crippen MR) is 48.7 cm³/mol. The second-order valence-corrected chi connectivity index (χ2v) is 2.51. The van der Waals surface area contributed by atoms with Crippen molar-refractivity contribution in [3.8, 4) is 0 Å². The van der Waals surface area contributed by atoms with Crippen molar-refractivity contribution < 1.29 is 0 Å². The van der Waals surface area contributed by atoms with Gasteiger partial charge in [0, 0.05) is 17.9 Å². The SMILES string of the molecule is CC.Cc1ccnn1C(C)C. The van der Waals surface area contributed by atoms with Crippen LogP contribution in [0.15, 0.2) is 12.3 Å². The molecule has 0 aliphatic rings. The largest absolute Gasteiger partial charge is 0.267 e. The summed E-state index contributed by atoms with van der Waals surface area (Å²) in [5.74, 6) is 0. The Balaban J connectivity index is 0.000000461. The fraction of sp³-hybridized carbons (Fsp3) is 0.667. The van der Waals surface area contributed by atoms with Gasteiger partial charge in [0.15, 0.2) is 0 Å². The smallest absolute Gasteiger partial charge is 0.0492 e. The number of hydrogen-bond acceptors (Lipinski definition) is 1. The van der Waals surface area contributed by atoms with Crippen LogP contribution in [0.5, 0.6) is 0 Å². The number of aryl methyl sites for hydroxylation is 1. The second-order valence-electron chi connectivity index (χ2n) is 2.51. The van der Waals surface area contributed by atoms with E-state index in [1.165, 1.54) is 5.69 Å². The third-order valence-corrected chi connectivity index (χ3v) is 1.36. The Kier molecular flexibility index (Phi) is 4.59. The molecule has 1 heterocycles. The minimum Gasteiger partial charge on any atom is -0.267 e. The molecule has 0 fully saturated rings. The first-order valence-corrected chi connectivity index (χ1v) is 4.22. The van der Waals surface area contributed by atoms with Gasteiger partial charge >= 0.3 is 0 Å². The maximum Gasteiger partial charge on any atom is 0.0492 e. The van der Waals surface area contributed by atoms with Crippen molar-refractivity contribution in [1.82, 2.24) is 9.78 Å². The van der Waals surface area contributed by atoms with Crippen LogP contribution in [0.3, 0.4) is 0 Å². The van der Waals surface area contributed by atoms with Crippen LogP contribution in [0.1, 0.15) is 39.4 Å². The van der Waals surface area contributed by atoms with Gasteiger partial charge in [-0.2, -0.15) is 5.10 Å². The third-order valence-electron chi connectivity index (χ3n) is 1.36. The molecule has 0 radical (unpaired) electrons. The Labute approximate surface area is 69.2 Å². The van der Waals surface area contributed by atoms with Gasteiger partial charge in [-0.25, -0.2) is 0 Å². The van der Waals surface area contributed by atoms with Crippen molar-refractivity contribution in [2.75, 3.05) is 0 Å². The molecule has 0 aliphatic heterocycles. The topological polar surface area (TPSA) is 17.8 Å². The summed E-state index contributed by atoms with van der Waals surface area (Å²) in [6, 6.07) is 2.50. The zero-order valence-corrected chi connectivity index (χ0v) is 8.13. The molecule has 2 heteroatoms. The Morgan fingerprint density at radius 2 is 1.91 bits per heavy atom. The summed E-state index contributed by atoms with van der Waals surface area (Å²) < 4.78 is 2.00. The molecular formula is C9H18N2. The highest BCUT2D eigenvalue weighted by atomic mass is 15.3. The molecule has 2 nitrogen and oxygen atoms in total. The molecule has 0 saturated heterocycles. The van der Waals surface area contributed by atoms with E-state index in [1.807, 2.05) is 30.8 Å². The molecule has 1 aromatic rings. The van der Waals surface area contributed by atoms with E-state index in [4.69, 9.17) is 0 Å². The summed E-state index contributed by atoms with van der Waals surface area (Å²) in [6.07, 6.45) is 1.83. The molecule has 0 amide bonds. The molecule has 0 aromatic carbocycles. The lowest BCUT2D eigenvalue weighted by molar-refractivity contribution is 0.519. The average molecular weight is 154 g/mol. The first-order chi connectivity index (χ1) is 5.22. The molecular weight excluding hydrogens is 136 g/mol. The molecule has 0 N–H and O–H groups in total. The maximum atomic E-state index is 4.13. The van der Waals surface area contributed by atoms with Crippen molar-refractivity contribution in [3.05, 3.63) is 18.0 Å². The first kappa shape index (κ1) is 10.2. The van der Waals surface area contributed by atoms with E-state index in [-0.39, 0.29) is 0 Å². The minimum atomic E-state index is 0.486. The van der Waals surface area contributed by atoms with Crippen LogP contribution in [-0.2, 0) is 0 Å². The van der Waals surface area contributed by atoms with Gasteiger partial charge in [-0.3, -0.25) is 4.68 Å². The molecule has 0 atom stereocenters. The van der Waals surface area contributed by atoms with Crippen molar-refractivity contribution in [2.45, 2.75) is 40.7 Å². The van der Waals surface area contributed by atoms with Crippen molar-refractivity contribution >= 4 is 0 Å². The Morgan fingerprint density at radius 1 is 1.36 bits per heavy atom. The standard InChI is InChI=1S/C7H12N2.C2H6/c1-6(2)9-7(3)4-5-8-9;1-2/h4-6H,1-3H3;1-2H3. The summed E-state index contributed by atoms with van der Waals surface area (Å²) in [5.41, 5.74) is 1.23. The molecule has 0 unspecified atom stereocenters. The van der Waals surface area contributed by atoms with Crippen LogP contribution in [-0.4, -0.2) is 9.78 Å². The number of rotatable bonds is 1. The summed E-state index contributed by atoms with van der Waals surface area (Å²) in [4.78, 5) is 0. The number of aromatic nitrogens is 2. The van der Waals surface area contributed by atoms with Gasteiger partial charge in [-0.1, -0.05) is 13.8 Å². The first-order valence-electron chi connectivity index (χ1n) is 4.22. The Bertz CT molecular complexity index is 189. The number of nitrogens with zero attached hydrogens (tertiary/aromatic N) is 2. The van der Waals surface area contributed by atoms with E-state index >= 15 is 0 Å². The van der Waals surface area contributed by atoms with Crippen molar-refractivity contribution in [1.29, 1.82) is 0 Å². The van der Waals surface area contributed by atoms with Gasteiger partial charge < -0.3 is 0 Å². The summed E-state index contributed by atoms with van der Waals surface area (Å²) >= 11 is 0. The minimum absolute atomic E-state index is 0.486. The molecule has 1 aromatic heterocycles. The lowest BCUT2D eigenvalue weighted by Gasteiger charge is -2.06. The maximum absolute atomic E-state index is 4.13. The fourth-order valence-corrected chi connectivity index (χ4v) is 0.921.